The number of carbonyl (C=O) groups is 1. The molecule has 0 unspecified atom stereocenters. The van der Waals surface area contributed by atoms with E-state index in [1.807, 2.05) is 6.07 Å². The summed E-state index contributed by atoms with van der Waals surface area (Å²) in [7, 11) is 1.58. The van der Waals surface area contributed by atoms with Crippen LogP contribution in [-0.2, 0) is 4.79 Å². The van der Waals surface area contributed by atoms with Gasteiger partial charge in [-0.1, -0.05) is 23.7 Å². The van der Waals surface area contributed by atoms with Crippen LogP contribution in [0.2, 0.25) is 5.02 Å². The zero-order valence-electron chi connectivity index (χ0n) is 12.3. The highest BCUT2D eigenvalue weighted by molar-refractivity contribution is 7.80. The quantitative estimate of drug-likeness (QED) is 0.811. The Hall–Kier alpha value is -2.31. The number of amides is 1. The Kier molecular flexibility index (Phi) is 6.19. The molecule has 2 aromatic carbocycles. The van der Waals surface area contributed by atoms with E-state index in [1.165, 1.54) is 0 Å². The van der Waals surface area contributed by atoms with Crippen molar-refractivity contribution in [3.8, 4) is 11.5 Å². The molecule has 0 bridgehead atoms. The van der Waals surface area contributed by atoms with E-state index in [4.69, 9.17) is 33.3 Å². The standard InChI is InChI=1S/C16H15ClN2O3S/c1-21-11-6-8-12(9-7-11)22-10-15(20)19-16(23)18-14-5-3-2-4-13(14)17/h2-9H,10H2,1H3,(H2,18,19,20,23). The van der Waals surface area contributed by atoms with Crippen LogP contribution in [0, 0.1) is 0 Å². The number of benzene rings is 2. The Balaban J connectivity index is 1.79. The van der Waals surface area contributed by atoms with E-state index in [9.17, 15) is 4.79 Å². The monoisotopic (exact) mass is 350 g/mol. The molecule has 0 saturated carbocycles. The molecule has 0 spiro atoms. The normalized spacial score (nSPS) is 9.83. The van der Waals surface area contributed by atoms with Crippen LogP contribution in [0.3, 0.4) is 0 Å². The third-order valence-electron chi connectivity index (χ3n) is 2.80. The van der Waals surface area contributed by atoms with Gasteiger partial charge < -0.3 is 14.8 Å². The maximum absolute atomic E-state index is 11.8. The van der Waals surface area contributed by atoms with Crippen molar-refractivity contribution in [2.24, 2.45) is 0 Å². The minimum absolute atomic E-state index is 0.154. The second-order valence-corrected chi connectivity index (χ2v) is 5.26. The molecule has 2 N–H and O–H groups in total. The summed E-state index contributed by atoms with van der Waals surface area (Å²) in [5.41, 5.74) is 0.621. The Morgan fingerprint density at radius 2 is 1.78 bits per heavy atom. The lowest BCUT2D eigenvalue weighted by Gasteiger charge is -2.11. The minimum atomic E-state index is -0.370. The summed E-state index contributed by atoms with van der Waals surface area (Å²) in [4.78, 5) is 11.8. The summed E-state index contributed by atoms with van der Waals surface area (Å²) in [6, 6.07) is 14.0. The maximum Gasteiger partial charge on any atom is 0.264 e. The molecule has 0 heterocycles. The van der Waals surface area contributed by atoms with Gasteiger partial charge in [0.05, 0.1) is 17.8 Å². The number of carbonyl (C=O) groups excluding carboxylic acids is 1. The Morgan fingerprint density at radius 1 is 1.13 bits per heavy atom. The van der Waals surface area contributed by atoms with Crippen LogP contribution >= 0.6 is 23.8 Å². The van der Waals surface area contributed by atoms with Crippen molar-refractivity contribution in [3.05, 3.63) is 53.6 Å². The number of thiocarbonyl (C=S) groups is 1. The number of rotatable bonds is 5. The average Bonchev–Trinajstić information content (AvgIpc) is 2.55. The van der Waals surface area contributed by atoms with Gasteiger partial charge in [-0.15, -0.1) is 0 Å². The summed E-state index contributed by atoms with van der Waals surface area (Å²) >= 11 is 11.1. The summed E-state index contributed by atoms with van der Waals surface area (Å²) in [6.45, 7) is -0.156. The van der Waals surface area contributed by atoms with Crippen LogP contribution in [0.25, 0.3) is 0 Å². The van der Waals surface area contributed by atoms with E-state index < -0.39 is 0 Å². The van der Waals surface area contributed by atoms with Crippen LogP contribution in [-0.4, -0.2) is 24.7 Å². The van der Waals surface area contributed by atoms with Crippen molar-refractivity contribution < 1.29 is 14.3 Å². The van der Waals surface area contributed by atoms with E-state index >= 15 is 0 Å². The highest BCUT2D eigenvalue weighted by atomic mass is 35.5. The van der Waals surface area contributed by atoms with Gasteiger partial charge in [0, 0.05) is 0 Å². The molecule has 2 rings (SSSR count). The number of halogens is 1. The molecule has 120 valence electrons. The van der Waals surface area contributed by atoms with Crippen LogP contribution in [0.1, 0.15) is 0 Å². The lowest BCUT2D eigenvalue weighted by Crippen LogP contribution is -2.37. The number of anilines is 1. The van der Waals surface area contributed by atoms with Crippen molar-refractivity contribution in [1.82, 2.24) is 5.32 Å². The van der Waals surface area contributed by atoms with Gasteiger partial charge in [-0.2, -0.15) is 0 Å². The van der Waals surface area contributed by atoms with Gasteiger partial charge in [-0.25, -0.2) is 0 Å². The van der Waals surface area contributed by atoms with Crippen molar-refractivity contribution >= 4 is 40.5 Å². The maximum atomic E-state index is 11.8. The predicted molar refractivity (Wildman–Crippen MR) is 94.3 cm³/mol. The van der Waals surface area contributed by atoms with Gasteiger partial charge in [-0.3, -0.25) is 10.1 Å². The molecule has 0 atom stereocenters. The molecular formula is C16H15ClN2O3S. The van der Waals surface area contributed by atoms with E-state index in [1.54, 1.807) is 49.6 Å². The molecule has 0 radical (unpaired) electrons. The molecule has 1 amide bonds. The van der Waals surface area contributed by atoms with Gasteiger partial charge in [0.2, 0.25) is 0 Å². The van der Waals surface area contributed by atoms with Crippen LogP contribution in [0.15, 0.2) is 48.5 Å². The second kappa shape index (κ2) is 8.36. The third-order valence-corrected chi connectivity index (χ3v) is 3.34. The summed E-state index contributed by atoms with van der Waals surface area (Å²) in [5, 5.41) is 6.04. The molecular weight excluding hydrogens is 336 g/mol. The third kappa shape index (κ3) is 5.43. The van der Waals surface area contributed by atoms with Crippen LogP contribution in [0.4, 0.5) is 5.69 Å². The topological polar surface area (TPSA) is 59.6 Å². The summed E-state index contributed by atoms with van der Waals surface area (Å²) in [5.74, 6) is 0.906. The van der Waals surface area contributed by atoms with E-state index in [0.717, 1.165) is 0 Å². The lowest BCUT2D eigenvalue weighted by atomic mass is 10.3. The van der Waals surface area contributed by atoms with Gasteiger partial charge in [-0.05, 0) is 48.6 Å². The second-order valence-electron chi connectivity index (χ2n) is 4.45. The first-order chi connectivity index (χ1) is 11.1. The molecule has 0 saturated heterocycles. The van der Waals surface area contributed by atoms with E-state index in [0.29, 0.717) is 22.2 Å². The molecule has 0 aromatic heterocycles. The number of nitrogens with one attached hydrogen (secondary N) is 2. The summed E-state index contributed by atoms with van der Waals surface area (Å²) < 4.78 is 10.4. The number of hydrogen-bond acceptors (Lipinski definition) is 4. The first-order valence-electron chi connectivity index (χ1n) is 6.70. The van der Waals surface area contributed by atoms with Crippen molar-refractivity contribution in [1.29, 1.82) is 0 Å². The molecule has 0 aliphatic rings. The molecule has 2 aromatic rings. The SMILES string of the molecule is COc1ccc(OCC(=O)NC(=S)Nc2ccccc2Cl)cc1. The number of hydrogen-bond donors (Lipinski definition) is 2. The molecule has 0 aliphatic heterocycles. The zero-order valence-corrected chi connectivity index (χ0v) is 13.9. The minimum Gasteiger partial charge on any atom is -0.497 e. The van der Waals surface area contributed by atoms with Gasteiger partial charge in [0.15, 0.2) is 11.7 Å². The van der Waals surface area contributed by atoms with Crippen LogP contribution in [0.5, 0.6) is 11.5 Å². The van der Waals surface area contributed by atoms with E-state index in [-0.39, 0.29) is 17.6 Å². The first-order valence-corrected chi connectivity index (χ1v) is 7.49. The van der Waals surface area contributed by atoms with Crippen molar-refractivity contribution in [3.63, 3.8) is 0 Å². The van der Waals surface area contributed by atoms with Gasteiger partial charge in [0.1, 0.15) is 11.5 Å². The van der Waals surface area contributed by atoms with Crippen molar-refractivity contribution in [2.75, 3.05) is 19.0 Å². The Bertz CT molecular complexity index is 692. The average molecular weight is 351 g/mol. The highest BCUT2D eigenvalue weighted by Crippen LogP contribution is 2.20. The van der Waals surface area contributed by atoms with Gasteiger partial charge >= 0.3 is 0 Å². The fraction of sp³-hybridized carbons (Fsp3) is 0.125. The zero-order chi connectivity index (χ0) is 16.7. The Morgan fingerprint density at radius 3 is 2.43 bits per heavy atom. The number of methoxy groups -OCH3 is 1. The number of ether oxygens (including phenoxy) is 2. The molecule has 0 aliphatic carbocycles. The molecule has 7 heteroatoms. The molecule has 23 heavy (non-hydrogen) atoms. The van der Waals surface area contributed by atoms with E-state index in [2.05, 4.69) is 10.6 Å². The van der Waals surface area contributed by atoms with Crippen molar-refractivity contribution in [2.45, 2.75) is 0 Å². The first kappa shape index (κ1) is 17.1. The number of para-hydroxylation sites is 1. The fourth-order valence-corrected chi connectivity index (χ4v) is 2.11. The predicted octanol–water partition coefficient (Wildman–Crippen LogP) is 3.24. The Labute approximate surface area is 144 Å². The molecule has 0 fully saturated rings. The summed E-state index contributed by atoms with van der Waals surface area (Å²) in [6.07, 6.45) is 0. The molecule has 5 nitrogen and oxygen atoms in total. The largest absolute Gasteiger partial charge is 0.497 e. The van der Waals surface area contributed by atoms with Crippen LogP contribution < -0.4 is 20.1 Å². The fourth-order valence-electron chi connectivity index (χ4n) is 1.70. The van der Waals surface area contributed by atoms with Gasteiger partial charge in [0.25, 0.3) is 5.91 Å². The highest BCUT2D eigenvalue weighted by Gasteiger charge is 2.07. The smallest absolute Gasteiger partial charge is 0.264 e. The lowest BCUT2D eigenvalue weighted by molar-refractivity contribution is -0.121.